The first kappa shape index (κ1) is 25.9. The van der Waals surface area contributed by atoms with Gasteiger partial charge in [-0.15, -0.1) is 0 Å². The fourth-order valence-electron chi connectivity index (χ4n) is 4.89. The van der Waals surface area contributed by atoms with Gasteiger partial charge in [0.05, 0.1) is 13.5 Å². The van der Waals surface area contributed by atoms with E-state index < -0.39 is 30.7 Å². The van der Waals surface area contributed by atoms with Gasteiger partial charge in [0.1, 0.15) is 17.9 Å². The van der Waals surface area contributed by atoms with Gasteiger partial charge in [0, 0.05) is 11.6 Å². The molecule has 1 aliphatic carbocycles. The number of hydrogen-bond donors (Lipinski definition) is 1. The van der Waals surface area contributed by atoms with E-state index >= 15 is 0 Å². The zero-order valence-electron chi connectivity index (χ0n) is 20.2. The van der Waals surface area contributed by atoms with Crippen molar-refractivity contribution >= 4 is 11.7 Å². The van der Waals surface area contributed by atoms with E-state index in [1.807, 2.05) is 18.2 Å². The van der Waals surface area contributed by atoms with Crippen molar-refractivity contribution in [1.29, 1.82) is 0 Å². The number of anilines is 1. The second-order valence-electron chi connectivity index (χ2n) is 9.81. The third-order valence-corrected chi connectivity index (χ3v) is 6.98. The highest BCUT2D eigenvalue weighted by atomic mass is 19.4. The van der Waals surface area contributed by atoms with E-state index in [-0.39, 0.29) is 17.0 Å². The quantitative estimate of drug-likeness (QED) is 0.427. The highest BCUT2D eigenvalue weighted by Crippen LogP contribution is 2.44. The highest BCUT2D eigenvalue weighted by molar-refractivity contribution is 5.71. The number of halogens is 3. The Morgan fingerprint density at radius 3 is 2.29 bits per heavy atom. The summed E-state index contributed by atoms with van der Waals surface area (Å²) in [7, 11) is 1.48. The Kier molecular flexibility index (Phi) is 8.16. The van der Waals surface area contributed by atoms with E-state index in [1.165, 1.54) is 19.2 Å². The van der Waals surface area contributed by atoms with Crippen molar-refractivity contribution in [3.05, 3.63) is 60.2 Å². The highest BCUT2D eigenvalue weighted by Gasteiger charge is 2.44. The predicted octanol–water partition coefficient (Wildman–Crippen LogP) is 6.75. The number of carbonyl (C=O) groups excluding carboxylic acids is 1. The maximum atomic E-state index is 13.7. The molecule has 0 aliphatic heterocycles. The van der Waals surface area contributed by atoms with Crippen LogP contribution >= 0.6 is 0 Å². The van der Waals surface area contributed by atoms with Crippen molar-refractivity contribution in [3.63, 3.8) is 0 Å². The maximum Gasteiger partial charge on any atom is 0.409 e. The molecule has 2 aromatic carbocycles. The second kappa shape index (κ2) is 10.7. The third-order valence-electron chi connectivity index (χ3n) is 6.98. The summed E-state index contributed by atoms with van der Waals surface area (Å²) < 4.78 is 52.1. The molecule has 0 radical (unpaired) electrons. The second-order valence-corrected chi connectivity index (χ2v) is 9.81. The minimum Gasteiger partial charge on any atom is -0.497 e. The third kappa shape index (κ3) is 6.45. The van der Waals surface area contributed by atoms with Crippen LogP contribution in [0, 0.1) is 11.8 Å². The zero-order valence-corrected chi connectivity index (χ0v) is 20.2. The van der Waals surface area contributed by atoms with Gasteiger partial charge in [0.2, 0.25) is 0 Å². The summed E-state index contributed by atoms with van der Waals surface area (Å²) in [5.74, 6) is 0.0636. The van der Waals surface area contributed by atoms with Crippen molar-refractivity contribution in [2.75, 3.05) is 12.4 Å². The Hall–Kier alpha value is -2.70. The summed E-state index contributed by atoms with van der Waals surface area (Å²) in [5.41, 5.74) is 1.10. The largest absolute Gasteiger partial charge is 0.497 e. The summed E-state index contributed by atoms with van der Waals surface area (Å²) in [4.78, 5) is 12.8. The first-order valence-corrected chi connectivity index (χ1v) is 11.7. The van der Waals surface area contributed by atoms with E-state index in [4.69, 9.17) is 9.47 Å². The van der Waals surface area contributed by atoms with Crippen molar-refractivity contribution in [1.82, 2.24) is 0 Å². The van der Waals surface area contributed by atoms with Gasteiger partial charge in [-0.3, -0.25) is 4.79 Å². The van der Waals surface area contributed by atoms with Crippen molar-refractivity contribution in [2.45, 2.75) is 70.2 Å². The van der Waals surface area contributed by atoms with Crippen molar-refractivity contribution < 1.29 is 27.4 Å². The van der Waals surface area contributed by atoms with Gasteiger partial charge in [0.25, 0.3) is 0 Å². The molecule has 1 aliphatic rings. The fraction of sp³-hybridized carbons (Fsp3) is 0.519. The molecule has 1 unspecified atom stereocenters. The molecule has 1 N–H and O–H groups in total. The summed E-state index contributed by atoms with van der Waals surface area (Å²) >= 11 is 0. The molecule has 0 aromatic heterocycles. The monoisotopic (exact) mass is 477 g/mol. The van der Waals surface area contributed by atoms with Crippen molar-refractivity contribution in [2.24, 2.45) is 11.8 Å². The molecule has 2 aromatic rings. The van der Waals surface area contributed by atoms with Crippen LogP contribution in [0.1, 0.15) is 52.0 Å². The Labute approximate surface area is 199 Å². The van der Waals surface area contributed by atoms with Gasteiger partial charge < -0.3 is 14.8 Å². The lowest BCUT2D eigenvalue weighted by molar-refractivity contribution is -0.169. The molecular formula is C27H34F3NO3. The van der Waals surface area contributed by atoms with Gasteiger partial charge in [-0.2, -0.15) is 13.2 Å². The lowest BCUT2D eigenvalue weighted by Crippen LogP contribution is -2.45. The number of rotatable bonds is 8. The Balaban J connectivity index is 1.73. The molecule has 3 rings (SSSR count). The van der Waals surface area contributed by atoms with E-state index in [1.54, 1.807) is 12.1 Å². The SMILES string of the molecule is COc1ccc(NC(CC(=O)O[C@@H]2C[C@H](C)CC[C@H]2C(C)(C)c2ccccc2)C(F)(F)F)cc1. The molecule has 1 saturated carbocycles. The molecule has 0 bridgehead atoms. The number of methoxy groups -OCH3 is 1. The van der Waals surface area contributed by atoms with Crippen molar-refractivity contribution in [3.8, 4) is 5.75 Å². The van der Waals surface area contributed by atoms with Crippen LogP contribution in [0.2, 0.25) is 0 Å². The number of ether oxygens (including phenoxy) is 2. The topological polar surface area (TPSA) is 47.6 Å². The molecule has 0 spiro atoms. The average Bonchev–Trinajstić information content (AvgIpc) is 2.79. The summed E-state index contributed by atoms with van der Waals surface area (Å²) in [5, 5.41) is 2.43. The number of alkyl halides is 3. The summed E-state index contributed by atoms with van der Waals surface area (Å²) in [6.07, 6.45) is -3.33. The van der Waals surface area contributed by atoms with E-state index in [0.29, 0.717) is 18.1 Å². The first-order chi connectivity index (χ1) is 16.0. The van der Waals surface area contributed by atoms with E-state index in [9.17, 15) is 18.0 Å². The van der Waals surface area contributed by atoms with Crippen LogP contribution in [0.5, 0.6) is 5.75 Å². The van der Waals surface area contributed by atoms with Crippen LogP contribution in [0.4, 0.5) is 18.9 Å². The molecule has 186 valence electrons. The number of esters is 1. The summed E-state index contributed by atoms with van der Waals surface area (Å²) in [6.45, 7) is 6.33. The molecular weight excluding hydrogens is 443 g/mol. The van der Waals surface area contributed by atoms with Crippen LogP contribution in [-0.2, 0) is 14.9 Å². The first-order valence-electron chi connectivity index (χ1n) is 11.7. The molecule has 4 atom stereocenters. The smallest absolute Gasteiger partial charge is 0.409 e. The normalized spacial score (nSPS) is 22.0. The molecule has 0 amide bonds. The lowest BCUT2D eigenvalue weighted by atomic mass is 9.64. The Morgan fingerprint density at radius 2 is 1.71 bits per heavy atom. The van der Waals surface area contributed by atoms with Gasteiger partial charge in [0.15, 0.2) is 0 Å². The average molecular weight is 478 g/mol. The number of carbonyl (C=O) groups is 1. The van der Waals surface area contributed by atoms with Crippen LogP contribution in [0.3, 0.4) is 0 Å². The molecule has 1 fully saturated rings. The standard InChI is InChI=1S/C27H34F3NO3/c1-18-10-15-22(26(2,3)19-8-6-5-7-9-19)23(16-18)34-25(32)17-24(27(28,29)30)31-20-11-13-21(33-4)14-12-20/h5-9,11-14,18,22-24,31H,10,15-17H2,1-4H3/t18-,22-,23-,24?/m1/s1. The van der Waals surface area contributed by atoms with E-state index in [0.717, 1.165) is 18.4 Å². The fourth-order valence-corrected chi connectivity index (χ4v) is 4.89. The van der Waals surface area contributed by atoms with E-state index in [2.05, 4.69) is 38.2 Å². The number of benzene rings is 2. The molecule has 7 heteroatoms. The van der Waals surface area contributed by atoms with Crippen LogP contribution < -0.4 is 10.1 Å². The summed E-state index contributed by atoms with van der Waals surface area (Å²) in [6, 6.07) is 14.1. The van der Waals surface area contributed by atoms with Crippen LogP contribution in [0.25, 0.3) is 0 Å². The minimum atomic E-state index is -4.61. The number of nitrogens with one attached hydrogen (secondary N) is 1. The maximum absolute atomic E-state index is 13.7. The van der Waals surface area contributed by atoms with Crippen LogP contribution in [0.15, 0.2) is 54.6 Å². The van der Waals surface area contributed by atoms with Gasteiger partial charge in [-0.25, -0.2) is 0 Å². The minimum absolute atomic E-state index is 0.0222. The zero-order chi connectivity index (χ0) is 24.9. The molecule has 0 heterocycles. The van der Waals surface area contributed by atoms with Crippen LogP contribution in [-0.4, -0.2) is 31.4 Å². The predicted molar refractivity (Wildman–Crippen MR) is 127 cm³/mol. The Bertz CT molecular complexity index is 928. The van der Waals surface area contributed by atoms with Gasteiger partial charge in [-0.1, -0.05) is 57.5 Å². The van der Waals surface area contributed by atoms with Gasteiger partial charge >= 0.3 is 12.1 Å². The van der Waals surface area contributed by atoms with Gasteiger partial charge in [-0.05, 0) is 54.0 Å². The molecule has 34 heavy (non-hydrogen) atoms. The molecule has 0 saturated heterocycles. The molecule has 4 nitrogen and oxygen atoms in total. The lowest BCUT2D eigenvalue weighted by Gasteiger charge is -2.44. The Morgan fingerprint density at radius 1 is 1.06 bits per heavy atom. The number of hydrogen-bond acceptors (Lipinski definition) is 4.